The second-order valence-electron chi connectivity index (χ2n) is 4.38. The molecule has 13 heavy (non-hydrogen) atoms. The van der Waals surface area contributed by atoms with Crippen LogP contribution in [0.15, 0.2) is 0 Å². The number of hydrogen-bond acceptors (Lipinski definition) is 3. The van der Waals surface area contributed by atoms with Crippen molar-refractivity contribution >= 4 is 0 Å². The number of aliphatic hydroxyl groups excluding tert-OH is 1. The van der Waals surface area contributed by atoms with Gasteiger partial charge in [-0.1, -0.05) is 13.8 Å². The molecule has 2 N–H and O–H groups in total. The van der Waals surface area contributed by atoms with Crippen LogP contribution < -0.4 is 5.32 Å². The van der Waals surface area contributed by atoms with E-state index in [0.717, 1.165) is 19.6 Å². The van der Waals surface area contributed by atoms with Crippen molar-refractivity contribution in [3.05, 3.63) is 0 Å². The first-order valence-corrected chi connectivity index (χ1v) is 4.85. The average molecular weight is 189 g/mol. The van der Waals surface area contributed by atoms with Crippen LogP contribution in [0, 0.1) is 5.41 Å². The Morgan fingerprint density at radius 2 is 2.08 bits per heavy atom. The summed E-state index contributed by atoms with van der Waals surface area (Å²) >= 11 is 0. The van der Waals surface area contributed by atoms with Gasteiger partial charge in [-0.2, -0.15) is 0 Å². The molecule has 3 nitrogen and oxygen atoms in total. The van der Waals surface area contributed by atoms with Gasteiger partial charge in [-0.15, -0.1) is 0 Å². The topological polar surface area (TPSA) is 41.5 Å². The zero-order chi connectivity index (χ0) is 10.3. The summed E-state index contributed by atoms with van der Waals surface area (Å²) in [6, 6.07) is 0.378. The van der Waals surface area contributed by atoms with Gasteiger partial charge in [0.15, 0.2) is 0 Å². The molecule has 1 atom stereocenters. The van der Waals surface area contributed by atoms with Crippen molar-refractivity contribution in [3.63, 3.8) is 0 Å². The van der Waals surface area contributed by atoms with Crippen LogP contribution in [0.2, 0.25) is 0 Å². The van der Waals surface area contributed by atoms with E-state index in [4.69, 9.17) is 9.84 Å². The third kappa shape index (κ3) is 6.99. The molecule has 0 heterocycles. The van der Waals surface area contributed by atoms with Crippen LogP contribution in [0.5, 0.6) is 0 Å². The van der Waals surface area contributed by atoms with Crippen molar-refractivity contribution in [1.82, 2.24) is 5.32 Å². The Bertz CT molecular complexity index is 126. The first-order chi connectivity index (χ1) is 6.02. The van der Waals surface area contributed by atoms with Gasteiger partial charge < -0.3 is 15.2 Å². The largest absolute Gasteiger partial charge is 0.396 e. The van der Waals surface area contributed by atoms with E-state index in [0.29, 0.717) is 6.04 Å². The van der Waals surface area contributed by atoms with Crippen LogP contribution in [-0.2, 0) is 4.74 Å². The summed E-state index contributed by atoms with van der Waals surface area (Å²) < 4.78 is 5.02. The smallest absolute Gasteiger partial charge is 0.0613 e. The fourth-order valence-electron chi connectivity index (χ4n) is 1.15. The molecule has 3 heteroatoms. The molecule has 0 aromatic heterocycles. The monoisotopic (exact) mass is 189 g/mol. The highest BCUT2D eigenvalue weighted by Gasteiger charge is 2.17. The van der Waals surface area contributed by atoms with Gasteiger partial charge in [0.25, 0.3) is 0 Å². The third-order valence-corrected chi connectivity index (χ3v) is 2.13. The van der Waals surface area contributed by atoms with Gasteiger partial charge in [-0.3, -0.25) is 0 Å². The van der Waals surface area contributed by atoms with Crippen molar-refractivity contribution in [2.24, 2.45) is 5.41 Å². The Hall–Kier alpha value is -0.120. The molecule has 0 fully saturated rings. The molecule has 80 valence electrons. The molecule has 0 spiro atoms. The molecule has 0 bridgehead atoms. The Balaban J connectivity index is 3.60. The molecule has 0 saturated heterocycles. The quantitative estimate of drug-likeness (QED) is 0.628. The standard InChI is InChI=1S/C10H23NO2/c1-9(7-13-4)11-8-10(2,3)5-6-12/h9,11-12H,5-8H2,1-4H3. The Morgan fingerprint density at radius 1 is 1.46 bits per heavy atom. The minimum Gasteiger partial charge on any atom is -0.396 e. The fourth-order valence-corrected chi connectivity index (χ4v) is 1.15. The third-order valence-electron chi connectivity index (χ3n) is 2.13. The zero-order valence-corrected chi connectivity index (χ0v) is 9.26. The predicted octanol–water partition coefficient (Wildman–Crippen LogP) is 1.02. The van der Waals surface area contributed by atoms with Crippen LogP contribution in [-0.4, -0.2) is 38.0 Å². The van der Waals surface area contributed by atoms with E-state index in [1.807, 2.05) is 0 Å². The molecule has 0 rings (SSSR count). The number of ether oxygens (including phenoxy) is 1. The lowest BCUT2D eigenvalue weighted by Crippen LogP contribution is -2.38. The van der Waals surface area contributed by atoms with Gasteiger partial charge in [-0.25, -0.2) is 0 Å². The van der Waals surface area contributed by atoms with Crippen LogP contribution in [0.25, 0.3) is 0 Å². The SMILES string of the molecule is COCC(C)NCC(C)(C)CCO. The second kappa shape index (κ2) is 6.35. The first kappa shape index (κ1) is 12.9. The van der Waals surface area contributed by atoms with Crippen molar-refractivity contribution in [3.8, 4) is 0 Å². The number of hydrogen-bond donors (Lipinski definition) is 2. The maximum Gasteiger partial charge on any atom is 0.0613 e. The van der Waals surface area contributed by atoms with Crippen molar-refractivity contribution < 1.29 is 9.84 Å². The number of nitrogens with one attached hydrogen (secondary N) is 1. The highest BCUT2D eigenvalue weighted by molar-refractivity contribution is 4.73. The second-order valence-corrected chi connectivity index (χ2v) is 4.38. The number of aliphatic hydroxyl groups is 1. The van der Waals surface area contributed by atoms with Gasteiger partial charge in [0, 0.05) is 26.3 Å². The lowest BCUT2D eigenvalue weighted by molar-refractivity contribution is 0.157. The van der Waals surface area contributed by atoms with Gasteiger partial charge in [-0.05, 0) is 18.8 Å². The van der Waals surface area contributed by atoms with Gasteiger partial charge in [0.1, 0.15) is 0 Å². The molecule has 0 aliphatic carbocycles. The minimum absolute atomic E-state index is 0.163. The van der Waals surface area contributed by atoms with Crippen molar-refractivity contribution in [2.75, 3.05) is 26.9 Å². The summed E-state index contributed by atoms with van der Waals surface area (Å²) in [5.74, 6) is 0. The molecule has 0 aliphatic heterocycles. The number of methoxy groups -OCH3 is 1. The van der Waals surface area contributed by atoms with Gasteiger partial charge >= 0.3 is 0 Å². The Labute approximate surface area is 81.5 Å². The maximum atomic E-state index is 8.82. The summed E-state index contributed by atoms with van der Waals surface area (Å²) in [6.07, 6.45) is 0.833. The van der Waals surface area contributed by atoms with E-state index in [-0.39, 0.29) is 12.0 Å². The van der Waals surface area contributed by atoms with E-state index in [1.54, 1.807) is 7.11 Å². The van der Waals surface area contributed by atoms with E-state index >= 15 is 0 Å². The van der Waals surface area contributed by atoms with E-state index in [9.17, 15) is 0 Å². The Morgan fingerprint density at radius 3 is 2.54 bits per heavy atom. The minimum atomic E-state index is 0.163. The highest BCUT2D eigenvalue weighted by atomic mass is 16.5. The van der Waals surface area contributed by atoms with Crippen LogP contribution in [0.3, 0.4) is 0 Å². The molecule has 1 unspecified atom stereocenters. The maximum absolute atomic E-state index is 8.82. The molecule has 0 aromatic carbocycles. The first-order valence-electron chi connectivity index (χ1n) is 4.85. The molecular weight excluding hydrogens is 166 g/mol. The van der Waals surface area contributed by atoms with Crippen LogP contribution in [0.4, 0.5) is 0 Å². The summed E-state index contributed by atoms with van der Waals surface area (Å²) in [5, 5.41) is 12.2. The molecule has 0 aromatic rings. The zero-order valence-electron chi connectivity index (χ0n) is 9.26. The van der Waals surface area contributed by atoms with Crippen LogP contribution in [0.1, 0.15) is 27.2 Å². The normalized spacial score (nSPS) is 14.5. The number of rotatable bonds is 7. The molecular formula is C10H23NO2. The van der Waals surface area contributed by atoms with Crippen LogP contribution >= 0.6 is 0 Å². The van der Waals surface area contributed by atoms with Gasteiger partial charge in [0.05, 0.1) is 6.61 Å². The van der Waals surface area contributed by atoms with Crippen molar-refractivity contribution in [1.29, 1.82) is 0 Å². The predicted molar refractivity (Wildman–Crippen MR) is 54.8 cm³/mol. The summed E-state index contributed by atoms with van der Waals surface area (Å²) in [7, 11) is 1.71. The van der Waals surface area contributed by atoms with Crippen molar-refractivity contribution in [2.45, 2.75) is 33.2 Å². The lowest BCUT2D eigenvalue weighted by atomic mass is 9.89. The van der Waals surface area contributed by atoms with E-state index in [1.165, 1.54) is 0 Å². The average Bonchev–Trinajstić information content (AvgIpc) is 2.02. The molecule has 0 amide bonds. The van der Waals surface area contributed by atoms with E-state index < -0.39 is 0 Å². The Kier molecular flexibility index (Phi) is 6.29. The summed E-state index contributed by atoms with van der Waals surface area (Å²) in [6.45, 7) is 8.30. The fraction of sp³-hybridized carbons (Fsp3) is 1.00. The summed E-state index contributed by atoms with van der Waals surface area (Å²) in [5.41, 5.74) is 0.163. The molecule has 0 aliphatic rings. The highest BCUT2D eigenvalue weighted by Crippen LogP contribution is 2.18. The van der Waals surface area contributed by atoms with Gasteiger partial charge in [0.2, 0.25) is 0 Å². The molecule has 0 saturated carbocycles. The lowest BCUT2D eigenvalue weighted by Gasteiger charge is -2.26. The van der Waals surface area contributed by atoms with E-state index in [2.05, 4.69) is 26.1 Å². The summed E-state index contributed by atoms with van der Waals surface area (Å²) in [4.78, 5) is 0. The molecule has 0 radical (unpaired) electrons.